The number of carbonyl (C=O) groups is 2. The molecule has 2 aliphatic heterocycles. The Kier molecular flexibility index (Phi) is 7.59. The smallest absolute Gasteiger partial charge is 0.340 e. The third kappa shape index (κ3) is 5.49. The molecule has 1 unspecified atom stereocenters. The summed E-state index contributed by atoms with van der Waals surface area (Å²) in [6, 6.07) is 14.8. The number of rotatable bonds is 4. The number of fused-ring (bicyclic) bond motifs is 1. The lowest BCUT2D eigenvalue weighted by atomic mass is 9.90. The van der Waals surface area contributed by atoms with Crippen molar-refractivity contribution < 1.29 is 22.8 Å². The van der Waals surface area contributed by atoms with Crippen molar-refractivity contribution in [1.82, 2.24) is 14.7 Å². The van der Waals surface area contributed by atoms with Gasteiger partial charge in [-0.25, -0.2) is 0 Å². The van der Waals surface area contributed by atoms with E-state index in [-0.39, 0.29) is 23.4 Å². The maximum Gasteiger partial charge on any atom is 0.416 e. The highest BCUT2D eigenvalue weighted by atomic mass is 32.1. The number of alkyl halides is 3. The Hall–Kier alpha value is -3.17. The van der Waals surface area contributed by atoms with E-state index in [1.54, 1.807) is 16.2 Å². The maximum absolute atomic E-state index is 13.5. The Morgan fingerprint density at radius 3 is 2.34 bits per heavy atom. The largest absolute Gasteiger partial charge is 0.416 e. The van der Waals surface area contributed by atoms with E-state index in [1.807, 2.05) is 17.0 Å². The molecule has 0 radical (unpaired) electrons. The van der Waals surface area contributed by atoms with Gasteiger partial charge < -0.3 is 9.80 Å². The van der Waals surface area contributed by atoms with Crippen molar-refractivity contribution in [2.24, 2.45) is 0 Å². The molecule has 5 nitrogen and oxygen atoms in total. The monoisotopic (exact) mass is 541 g/mol. The van der Waals surface area contributed by atoms with Gasteiger partial charge in [0.15, 0.2) is 0 Å². The number of amides is 2. The van der Waals surface area contributed by atoms with Crippen LogP contribution in [0.1, 0.15) is 50.0 Å². The van der Waals surface area contributed by atoms with Crippen LogP contribution in [0.3, 0.4) is 0 Å². The van der Waals surface area contributed by atoms with Crippen LogP contribution in [0.5, 0.6) is 0 Å². The van der Waals surface area contributed by atoms with E-state index in [4.69, 9.17) is 0 Å². The number of hydrogen-bond donors (Lipinski definition) is 0. The molecule has 1 aromatic heterocycles. The fourth-order valence-corrected chi connectivity index (χ4v) is 6.33. The fourth-order valence-electron chi connectivity index (χ4n) is 5.42. The number of nitrogens with zero attached hydrogens (tertiary/aromatic N) is 3. The zero-order chi connectivity index (χ0) is 26.9. The second-order valence-electron chi connectivity index (χ2n) is 9.88. The zero-order valence-electron chi connectivity index (χ0n) is 21.2. The van der Waals surface area contributed by atoms with Crippen molar-refractivity contribution in [3.63, 3.8) is 0 Å². The molecule has 5 rings (SSSR count). The van der Waals surface area contributed by atoms with Gasteiger partial charge in [-0.3, -0.25) is 14.5 Å². The second kappa shape index (κ2) is 10.9. The molecular formula is C29H30F3N3O2S. The predicted octanol–water partition coefficient (Wildman–Crippen LogP) is 5.40. The highest BCUT2D eigenvalue weighted by molar-refractivity contribution is 7.10. The summed E-state index contributed by atoms with van der Waals surface area (Å²) in [4.78, 5) is 33.5. The van der Waals surface area contributed by atoms with Crippen LogP contribution in [-0.4, -0.2) is 65.8 Å². The summed E-state index contributed by atoms with van der Waals surface area (Å²) in [5.41, 5.74) is 3.12. The van der Waals surface area contributed by atoms with Crippen LogP contribution >= 0.6 is 11.3 Å². The van der Waals surface area contributed by atoms with Crippen molar-refractivity contribution in [3.8, 4) is 0 Å². The molecule has 1 atom stereocenters. The lowest BCUT2D eigenvalue weighted by molar-refractivity contribution is -0.137. The molecular weight excluding hydrogens is 511 g/mol. The summed E-state index contributed by atoms with van der Waals surface area (Å²) in [6.45, 7) is 4.94. The van der Waals surface area contributed by atoms with Gasteiger partial charge in [0.25, 0.3) is 5.91 Å². The third-order valence-electron chi connectivity index (χ3n) is 7.48. The van der Waals surface area contributed by atoms with E-state index >= 15 is 0 Å². The van der Waals surface area contributed by atoms with Gasteiger partial charge >= 0.3 is 6.18 Å². The van der Waals surface area contributed by atoms with E-state index in [1.165, 1.54) is 33.7 Å². The summed E-state index contributed by atoms with van der Waals surface area (Å²) < 4.78 is 38.6. The van der Waals surface area contributed by atoms with Gasteiger partial charge in [-0.15, -0.1) is 11.3 Å². The molecule has 0 saturated carbocycles. The Morgan fingerprint density at radius 1 is 0.895 bits per heavy atom. The fraction of sp³-hybridized carbons (Fsp3) is 0.379. The van der Waals surface area contributed by atoms with E-state index in [0.29, 0.717) is 39.1 Å². The summed E-state index contributed by atoms with van der Waals surface area (Å²) in [5.74, 6) is -0.278. The molecule has 1 fully saturated rings. The van der Waals surface area contributed by atoms with Crippen LogP contribution < -0.4 is 0 Å². The molecule has 38 heavy (non-hydrogen) atoms. The Morgan fingerprint density at radius 2 is 1.61 bits per heavy atom. The molecule has 0 aliphatic carbocycles. The van der Waals surface area contributed by atoms with E-state index in [0.717, 1.165) is 25.1 Å². The van der Waals surface area contributed by atoms with Crippen molar-refractivity contribution in [2.75, 3.05) is 39.3 Å². The highest BCUT2D eigenvalue weighted by Gasteiger charge is 2.34. The Balaban J connectivity index is 1.25. The number of carbonyl (C=O) groups excluding carboxylic acids is 2. The molecule has 0 spiro atoms. The minimum Gasteiger partial charge on any atom is -0.340 e. The van der Waals surface area contributed by atoms with Crippen LogP contribution in [-0.2, 0) is 17.4 Å². The first-order valence-electron chi connectivity index (χ1n) is 12.8. The predicted molar refractivity (Wildman–Crippen MR) is 141 cm³/mol. The molecule has 0 bridgehead atoms. The maximum atomic E-state index is 13.5. The summed E-state index contributed by atoms with van der Waals surface area (Å²) in [7, 11) is 0. The van der Waals surface area contributed by atoms with Crippen LogP contribution in [0, 0.1) is 6.92 Å². The first-order chi connectivity index (χ1) is 18.2. The second-order valence-corrected chi connectivity index (χ2v) is 10.9. The molecule has 200 valence electrons. The molecule has 2 aliphatic rings. The lowest BCUT2D eigenvalue weighted by Crippen LogP contribution is -2.45. The van der Waals surface area contributed by atoms with Crippen molar-refractivity contribution in [1.29, 1.82) is 0 Å². The minimum absolute atomic E-state index is 0.0277. The number of benzene rings is 2. The van der Waals surface area contributed by atoms with E-state index in [9.17, 15) is 22.8 Å². The first-order valence-corrected chi connectivity index (χ1v) is 13.7. The van der Waals surface area contributed by atoms with Crippen molar-refractivity contribution in [2.45, 2.75) is 32.0 Å². The molecule has 2 amide bonds. The van der Waals surface area contributed by atoms with Crippen LogP contribution in [0.4, 0.5) is 13.2 Å². The Bertz CT molecular complexity index is 1300. The lowest BCUT2D eigenvalue weighted by Gasteiger charge is -2.37. The standard InChI is InChI=1S/C29H30F3N3O2S/c1-20-5-2-3-6-23(20)27-24-12-18-38-25(24)11-15-35(27)19-26(36)33-13-4-14-34(17-16-33)28(37)21-7-9-22(10-8-21)29(30,31)32/h2-3,5-10,12,18,27H,4,11,13-17,19H2,1H3. The van der Waals surface area contributed by atoms with Gasteiger partial charge in [-0.05, 0) is 72.2 Å². The summed E-state index contributed by atoms with van der Waals surface area (Å²) in [5, 5.41) is 2.12. The van der Waals surface area contributed by atoms with E-state index < -0.39 is 11.7 Å². The quantitative estimate of drug-likeness (QED) is 0.445. The number of thiophene rings is 1. The van der Waals surface area contributed by atoms with Crippen LogP contribution in [0.2, 0.25) is 0 Å². The van der Waals surface area contributed by atoms with Gasteiger partial charge in [0.1, 0.15) is 0 Å². The molecule has 9 heteroatoms. The van der Waals surface area contributed by atoms with E-state index in [2.05, 4.69) is 35.4 Å². The molecule has 0 N–H and O–H groups in total. The SMILES string of the molecule is Cc1ccccc1C1c2ccsc2CCN1CC(=O)N1CCCN(C(=O)c2ccc(C(F)(F)F)cc2)CC1. The van der Waals surface area contributed by atoms with Gasteiger partial charge in [-0.2, -0.15) is 13.2 Å². The van der Waals surface area contributed by atoms with Crippen molar-refractivity contribution >= 4 is 23.2 Å². The van der Waals surface area contributed by atoms with Gasteiger partial charge in [0, 0.05) is 43.2 Å². The average Bonchev–Trinajstić information content (AvgIpc) is 3.24. The first kappa shape index (κ1) is 26.4. The van der Waals surface area contributed by atoms with Gasteiger partial charge in [0.2, 0.25) is 5.91 Å². The highest BCUT2D eigenvalue weighted by Crippen LogP contribution is 2.38. The summed E-state index contributed by atoms with van der Waals surface area (Å²) in [6.07, 6.45) is -2.91. The number of aryl methyl sites for hydroxylation is 1. The van der Waals surface area contributed by atoms with Gasteiger partial charge in [-0.1, -0.05) is 24.3 Å². The number of halogens is 3. The minimum atomic E-state index is -4.44. The zero-order valence-corrected chi connectivity index (χ0v) is 22.0. The summed E-state index contributed by atoms with van der Waals surface area (Å²) >= 11 is 1.77. The van der Waals surface area contributed by atoms with Crippen molar-refractivity contribution in [3.05, 3.63) is 92.7 Å². The molecule has 3 aromatic rings. The topological polar surface area (TPSA) is 43.9 Å². The molecule has 2 aromatic carbocycles. The third-order valence-corrected chi connectivity index (χ3v) is 8.48. The number of hydrogen-bond acceptors (Lipinski definition) is 4. The molecule has 3 heterocycles. The van der Waals surface area contributed by atoms with Crippen LogP contribution in [0.15, 0.2) is 60.0 Å². The average molecular weight is 542 g/mol. The molecule has 1 saturated heterocycles. The Labute approximate surface area is 224 Å². The van der Waals surface area contributed by atoms with Crippen LogP contribution in [0.25, 0.3) is 0 Å². The normalized spacial score (nSPS) is 18.7. The van der Waals surface area contributed by atoms with Gasteiger partial charge in [0.05, 0.1) is 18.2 Å².